The molecule has 8 amide bonds. The van der Waals surface area contributed by atoms with Crippen molar-refractivity contribution in [2.45, 2.75) is 146 Å². The van der Waals surface area contributed by atoms with Crippen LogP contribution in [0.5, 0.6) is 0 Å². The van der Waals surface area contributed by atoms with Crippen molar-refractivity contribution >= 4 is 70.1 Å². The highest BCUT2D eigenvalue weighted by Crippen LogP contribution is 2.26. The molecule has 4 aromatic rings. The molecule has 25 nitrogen and oxygen atoms in total. The van der Waals surface area contributed by atoms with Crippen molar-refractivity contribution in [2.75, 3.05) is 39.4 Å². The van der Waals surface area contributed by atoms with E-state index in [1.165, 1.54) is 11.8 Å². The van der Waals surface area contributed by atoms with Gasteiger partial charge in [-0.05, 0) is 79.0 Å². The minimum absolute atomic E-state index is 0.0459. The van der Waals surface area contributed by atoms with Crippen molar-refractivity contribution in [2.24, 2.45) is 27.9 Å². The van der Waals surface area contributed by atoms with Crippen LogP contribution in [-0.2, 0) is 80.2 Å². The average Bonchev–Trinajstić information content (AvgIpc) is 4.04. The second-order valence-corrected chi connectivity index (χ2v) is 21.4. The Balaban J connectivity index is 1.34. The predicted molar refractivity (Wildman–Crippen MR) is 314 cm³/mol. The number of nitrogens with zero attached hydrogens (tertiary/aromatic N) is 3. The highest BCUT2D eigenvalue weighted by Gasteiger charge is 2.41. The van der Waals surface area contributed by atoms with Crippen LogP contribution in [0.3, 0.4) is 0 Å². The fourth-order valence-electron chi connectivity index (χ4n) is 10.4. The van der Waals surface area contributed by atoms with Crippen LogP contribution >= 0.6 is 0 Å². The first kappa shape index (κ1) is 64.7. The first-order chi connectivity index (χ1) is 40.3. The Morgan fingerprint density at radius 3 is 1.92 bits per heavy atom. The summed E-state index contributed by atoms with van der Waals surface area (Å²) in [5.74, 6) is -7.73. The smallest absolute Gasteiger partial charge is 0.305 e. The van der Waals surface area contributed by atoms with Crippen LogP contribution in [0.25, 0.3) is 10.9 Å². The summed E-state index contributed by atoms with van der Waals surface area (Å²) in [4.78, 5) is 136. The fourth-order valence-corrected chi connectivity index (χ4v) is 10.4. The van der Waals surface area contributed by atoms with Gasteiger partial charge in [-0.15, -0.1) is 0 Å². The number of primary amides is 1. The Bertz CT molecular complexity index is 2940. The number of carbonyl (C=O) groups excluding carboxylic acids is 8. The Hall–Kier alpha value is -8.42. The van der Waals surface area contributed by atoms with Gasteiger partial charge in [-0.25, -0.2) is 0 Å². The van der Waals surface area contributed by atoms with Crippen molar-refractivity contribution in [3.05, 3.63) is 107 Å². The summed E-state index contributed by atoms with van der Waals surface area (Å²) in [6.45, 7) is 6.70. The van der Waals surface area contributed by atoms with E-state index in [0.29, 0.717) is 74.2 Å². The van der Waals surface area contributed by atoms with Gasteiger partial charge in [-0.1, -0.05) is 86.5 Å². The lowest BCUT2D eigenvalue weighted by atomic mass is 9.92. The van der Waals surface area contributed by atoms with Crippen LogP contribution in [-0.4, -0.2) is 161 Å². The molecule has 0 unspecified atom stereocenters. The number of benzene rings is 3. The molecule has 7 atom stereocenters. The Labute approximate surface area is 488 Å². The molecule has 16 N–H and O–H groups in total. The third kappa shape index (κ3) is 19.6. The minimum Gasteiger partial charge on any atom is -0.481 e. The average molecular weight is 1160 g/mol. The molecule has 84 heavy (non-hydrogen) atoms. The number of nitrogens with two attached hydrogens (primary N) is 4. The molecule has 0 radical (unpaired) electrons. The quantitative estimate of drug-likeness (QED) is 0.0174. The van der Waals surface area contributed by atoms with Crippen molar-refractivity contribution in [3.63, 3.8) is 0 Å². The molecular formula is C59H82N14O11. The topological polar surface area (TPSA) is 394 Å². The number of aromatic amines is 1. The number of morpholine rings is 1. The third-order valence-electron chi connectivity index (χ3n) is 14.9. The van der Waals surface area contributed by atoms with Gasteiger partial charge >= 0.3 is 5.97 Å². The molecule has 0 saturated carbocycles. The number of carboxylic acids is 1. The summed E-state index contributed by atoms with van der Waals surface area (Å²) < 4.78 is 5.52. The van der Waals surface area contributed by atoms with Crippen LogP contribution in [0.2, 0.25) is 0 Å². The predicted octanol–water partition coefficient (Wildman–Crippen LogP) is 0.000300. The molecule has 2 aliphatic rings. The molecule has 6 rings (SSSR count). The summed E-state index contributed by atoms with van der Waals surface area (Å²) in [7, 11) is 0. The number of H-pyrrole nitrogens is 1. The summed E-state index contributed by atoms with van der Waals surface area (Å²) in [5.41, 5.74) is 27.1. The number of hydrogen-bond donors (Lipinski definition) is 12. The van der Waals surface area contributed by atoms with Crippen LogP contribution in [0.4, 0.5) is 0 Å². The zero-order chi connectivity index (χ0) is 60.7. The number of para-hydroxylation sites is 1. The van der Waals surface area contributed by atoms with Gasteiger partial charge in [0.15, 0.2) is 5.96 Å². The molecule has 0 aliphatic carbocycles. The Kier molecular flexibility index (Phi) is 25.0. The molecule has 3 aromatic carbocycles. The van der Waals surface area contributed by atoms with Crippen molar-refractivity contribution in [3.8, 4) is 0 Å². The van der Waals surface area contributed by atoms with Gasteiger partial charge in [0.2, 0.25) is 47.3 Å². The third-order valence-corrected chi connectivity index (χ3v) is 14.9. The van der Waals surface area contributed by atoms with Crippen LogP contribution in [0.15, 0.2) is 84.0 Å². The number of carbonyl (C=O) groups is 9. The summed E-state index contributed by atoms with van der Waals surface area (Å²) in [5, 5.41) is 27.2. The largest absolute Gasteiger partial charge is 0.481 e. The number of nitrogens with one attached hydrogen (secondary N) is 7. The van der Waals surface area contributed by atoms with E-state index in [-0.39, 0.29) is 64.0 Å². The summed E-state index contributed by atoms with van der Waals surface area (Å²) >= 11 is 0. The molecule has 2 aliphatic heterocycles. The zero-order valence-corrected chi connectivity index (χ0v) is 47.9. The monoisotopic (exact) mass is 1160 g/mol. The van der Waals surface area contributed by atoms with Gasteiger partial charge in [0.05, 0.1) is 19.6 Å². The SMILES string of the molecule is CCCC[C@H](NC(C)=O)C(=O)N[C@@H](CC(=O)O)C(=O)N1Cc2ccccc2C[C@H]1C(=O)N[C@H](Cc1ccc(CN2CCOCC2)cc1)C(=O)N[C@@H](CCCN=C(N)N)C(=O)N[C@@H](Cc1c[nH]c2ccccc12)C(=O)N[C@@H](CCCCN)C(N)=O. The van der Waals surface area contributed by atoms with Crippen LogP contribution < -0.4 is 54.8 Å². The standard InChI is InChI=1S/C59H82N14O11/c1-3-4-15-45(66-36(2)74)53(78)71-49(32-51(75)76)58(83)73-35-40-13-6-5-12-39(40)31-50(73)57(82)70-47(29-37-19-21-38(22-20-37)34-72-25-27-84-28-26-72)55(80)68-46(18-11-24-64-59(62)63)54(79)69-48(30-41-33-65-43-16-8-7-14-42(41)43)56(81)67-44(52(61)77)17-9-10-23-60/h5-8,12-14,16,19-22,33,44-50,65H,3-4,9-11,15,17-18,23-32,34-35,60H2,1-2H3,(H2,61,77)(H,66,74)(H,67,81)(H,68,80)(H,69,79)(H,70,82)(H,71,78)(H,75,76)(H4,62,63,64)/t44-,45-,46-,47+,48-,49-,50-/m0/s1. The molecular weight excluding hydrogens is 1080 g/mol. The number of amides is 8. The van der Waals surface area contributed by atoms with E-state index >= 15 is 9.59 Å². The number of hydrogen-bond acceptors (Lipinski definition) is 13. The lowest BCUT2D eigenvalue weighted by Gasteiger charge is -2.38. The van der Waals surface area contributed by atoms with Gasteiger partial charge in [0.25, 0.3) is 0 Å². The minimum atomic E-state index is -1.68. The second-order valence-electron chi connectivity index (χ2n) is 21.4. The highest BCUT2D eigenvalue weighted by molar-refractivity contribution is 5.99. The molecule has 25 heteroatoms. The number of rotatable bonds is 32. The van der Waals surface area contributed by atoms with E-state index < -0.39 is 102 Å². The van der Waals surface area contributed by atoms with Crippen molar-refractivity contribution in [1.82, 2.24) is 46.7 Å². The number of unbranched alkanes of at least 4 members (excludes halogenated alkanes) is 2. The van der Waals surface area contributed by atoms with Crippen molar-refractivity contribution in [1.29, 1.82) is 0 Å². The second kappa shape index (κ2) is 32.4. The van der Waals surface area contributed by atoms with Crippen molar-refractivity contribution < 1.29 is 53.0 Å². The molecule has 0 spiro atoms. The highest BCUT2D eigenvalue weighted by atomic mass is 16.5. The number of ether oxygens (including phenoxy) is 1. The summed E-state index contributed by atoms with van der Waals surface area (Å²) in [6, 6.07) is 12.5. The number of carboxylic acid groups (broad SMARTS) is 1. The van der Waals surface area contributed by atoms with E-state index in [0.717, 1.165) is 29.6 Å². The fraction of sp³-hybridized carbons (Fsp3) is 0.492. The summed E-state index contributed by atoms with van der Waals surface area (Å²) in [6.07, 6.45) is 3.34. The van der Waals surface area contributed by atoms with E-state index in [1.54, 1.807) is 30.5 Å². The van der Waals surface area contributed by atoms with E-state index in [2.05, 4.69) is 46.8 Å². The lowest BCUT2D eigenvalue weighted by molar-refractivity contribution is -0.148. The molecule has 1 fully saturated rings. The van der Waals surface area contributed by atoms with Crippen LogP contribution in [0, 0.1) is 0 Å². The molecule has 1 aromatic heterocycles. The van der Waals surface area contributed by atoms with Gasteiger partial charge in [0.1, 0.15) is 42.3 Å². The van der Waals surface area contributed by atoms with E-state index in [1.807, 2.05) is 55.5 Å². The molecule has 3 heterocycles. The number of fused-ring (bicyclic) bond motifs is 2. The maximum absolute atomic E-state index is 15.1. The molecule has 1 saturated heterocycles. The number of aromatic nitrogens is 1. The number of aliphatic carboxylic acids is 1. The Morgan fingerprint density at radius 1 is 0.679 bits per heavy atom. The van der Waals surface area contributed by atoms with E-state index in [9.17, 15) is 38.7 Å². The number of guanidine groups is 1. The van der Waals surface area contributed by atoms with Gasteiger partial charge in [-0.2, -0.15) is 0 Å². The number of aliphatic imine (C=N–C) groups is 1. The molecule has 0 bridgehead atoms. The maximum atomic E-state index is 15.1. The van der Waals surface area contributed by atoms with Gasteiger partial charge in [-0.3, -0.25) is 53.0 Å². The maximum Gasteiger partial charge on any atom is 0.305 e. The van der Waals surface area contributed by atoms with Gasteiger partial charge in [0, 0.05) is 76.0 Å². The normalized spacial score (nSPS) is 16.3. The van der Waals surface area contributed by atoms with E-state index in [4.69, 9.17) is 27.7 Å². The first-order valence-corrected chi connectivity index (χ1v) is 28.7. The zero-order valence-electron chi connectivity index (χ0n) is 47.9. The molecule has 454 valence electrons. The Morgan fingerprint density at radius 2 is 1.26 bits per heavy atom. The first-order valence-electron chi connectivity index (χ1n) is 28.7. The van der Waals surface area contributed by atoms with Gasteiger partial charge < -0.3 is 74.6 Å². The van der Waals surface area contributed by atoms with Crippen LogP contribution in [0.1, 0.15) is 99.5 Å². The lowest BCUT2D eigenvalue weighted by Crippen LogP contribution is -2.62.